The molecule has 1 heterocycles. The van der Waals surface area contributed by atoms with Crippen molar-refractivity contribution in [3.8, 4) is 0 Å². The maximum Gasteiger partial charge on any atom is 0.269 e. The third-order valence-electron chi connectivity index (χ3n) is 3.61. The number of hydrogen-bond donors (Lipinski definition) is 2. The highest BCUT2D eigenvalue weighted by atomic mass is 16.3. The van der Waals surface area contributed by atoms with E-state index in [9.17, 15) is 9.59 Å². The van der Waals surface area contributed by atoms with Crippen molar-refractivity contribution < 1.29 is 14.0 Å². The Kier molecular flexibility index (Phi) is 4.98. The van der Waals surface area contributed by atoms with E-state index in [-0.39, 0.29) is 0 Å². The summed E-state index contributed by atoms with van der Waals surface area (Å²) in [5, 5.41) is 0. The number of fused-ring (bicyclic) bond motifs is 1. The van der Waals surface area contributed by atoms with Crippen LogP contribution in [0.15, 0.2) is 59.0 Å². The molecule has 0 atom stereocenters. The summed E-state index contributed by atoms with van der Waals surface area (Å²) in [6, 6.07) is 14.4. The average molecular weight is 350 g/mol. The van der Waals surface area contributed by atoms with Crippen LogP contribution in [-0.2, 0) is 4.79 Å². The quantitative estimate of drug-likeness (QED) is 0.557. The minimum atomic E-state index is -0.496. The number of hydrazine groups is 1. The van der Waals surface area contributed by atoms with E-state index in [2.05, 4.69) is 15.8 Å². The smallest absolute Gasteiger partial charge is 0.269 e. The van der Waals surface area contributed by atoms with Gasteiger partial charge in [0, 0.05) is 37.5 Å². The van der Waals surface area contributed by atoms with Crippen LogP contribution in [0.3, 0.4) is 0 Å². The second kappa shape index (κ2) is 7.52. The number of carbonyl (C=O) groups is 2. The lowest BCUT2D eigenvalue weighted by atomic mass is 10.2. The van der Waals surface area contributed by atoms with Crippen molar-refractivity contribution in [1.82, 2.24) is 15.8 Å². The number of rotatable bonds is 4. The lowest BCUT2D eigenvalue weighted by molar-refractivity contribution is -0.117. The molecule has 0 fully saturated rings. The number of carbonyl (C=O) groups excluding carboxylic acids is 2. The lowest BCUT2D eigenvalue weighted by Crippen LogP contribution is -2.40. The minimum absolute atomic E-state index is 0.311. The Morgan fingerprint density at radius 3 is 2.65 bits per heavy atom. The average Bonchev–Trinajstić information content (AvgIpc) is 3.07. The van der Waals surface area contributed by atoms with Gasteiger partial charge in [-0.25, -0.2) is 4.98 Å². The van der Waals surface area contributed by atoms with E-state index in [1.807, 2.05) is 43.3 Å². The molecule has 26 heavy (non-hydrogen) atoms. The maximum atomic E-state index is 12.1. The number of hydrogen-bond acceptors (Lipinski definition) is 5. The Bertz CT molecular complexity index is 943. The monoisotopic (exact) mass is 350 g/mol. The van der Waals surface area contributed by atoms with Crippen molar-refractivity contribution in [2.75, 3.05) is 19.0 Å². The normalized spacial score (nSPS) is 10.8. The number of para-hydroxylation sites is 2. The third kappa shape index (κ3) is 4.07. The van der Waals surface area contributed by atoms with E-state index >= 15 is 0 Å². The number of benzene rings is 2. The molecule has 0 aliphatic heterocycles. The van der Waals surface area contributed by atoms with Crippen molar-refractivity contribution in [2.45, 2.75) is 0 Å². The zero-order valence-corrected chi connectivity index (χ0v) is 14.4. The fourth-order valence-electron chi connectivity index (χ4n) is 2.27. The van der Waals surface area contributed by atoms with Crippen molar-refractivity contribution >= 4 is 34.7 Å². The number of anilines is 1. The predicted molar refractivity (Wildman–Crippen MR) is 99.4 cm³/mol. The van der Waals surface area contributed by atoms with E-state index in [0.29, 0.717) is 22.6 Å². The molecule has 3 rings (SSSR count). The van der Waals surface area contributed by atoms with Crippen LogP contribution in [0.1, 0.15) is 16.2 Å². The molecule has 2 amide bonds. The molecular formula is C19H18N4O3. The number of oxazole rings is 1. The molecule has 132 valence electrons. The lowest BCUT2D eigenvalue weighted by Gasteiger charge is -2.13. The Hall–Kier alpha value is -3.61. The number of amides is 2. The van der Waals surface area contributed by atoms with Crippen LogP contribution < -0.4 is 15.8 Å². The van der Waals surface area contributed by atoms with E-state index < -0.39 is 11.8 Å². The van der Waals surface area contributed by atoms with Crippen LogP contribution in [0, 0.1) is 0 Å². The molecule has 0 bridgehead atoms. The zero-order chi connectivity index (χ0) is 18.5. The Balaban J connectivity index is 1.58. The largest absolute Gasteiger partial charge is 0.437 e. The molecule has 1 aromatic heterocycles. The summed E-state index contributed by atoms with van der Waals surface area (Å²) < 4.78 is 5.48. The van der Waals surface area contributed by atoms with Gasteiger partial charge in [0.15, 0.2) is 5.58 Å². The highest BCUT2D eigenvalue weighted by Crippen LogP contribution is 2.15. The SMILES string of the molecule is CN(C)c1cccc(C(=O)NNC(=O)/C=C/c2nc3ccccc3o2)c1. The Morgan fingerprint density at radius 1 is 1.08 bits per heavy atom. The van der Waals surface area contributed by atoms with Gasteiger partial charge >= 0.3 is 0 Å². The van der Waals surface area contributed by atoms with Crippen LogP contribution >= 0.6 is 0 Å². The molecule has 7 heteroatoms. The topological polar surface area (TPSA) is 87.5 Å². The maximum absolute atomic E-state index is 12.1. The van der Waals surface area contributed by atoms with Gasteiger partial charge < -0.3 is 9.32 Å². The number of aromatic nitrogens is 1. The van der Waals surface area contributed by atoms with E-state index in [4.69, 9.17) is 4.42 Å². The molecule has 3 aromatic rings. The van der Waals surface area contributed by atoms with Gasteiger partial charge in [-0.15, -0.1) is 0 Å². The van der Waals surface area contributed by atoms with Crippen molar-refractivity contribution in [3.63, 3.8) is 0 Å². The molecule has 0 spiro atoms. The highest BCUT2D eigenvalue weighted by Gasteiger charge is 2.08. The van der Waals surface area contributed by atoms with Crippen LogP contribution in [0.2, 0.25) is 0 Å². The number of nitrogens with zero attached hydrogens (tertiary/aromatic N) is 2. The first kappa shape index (κ1) is 17.2. The fraction of sp³-hybridized carbons (Fsp3) is 0.105. The minimum Gasteiger partial charge on any atom is -0.437 e. The van der Waals surface area contributed by atoms with Gasteiger partial charge in [0.05, 0.1) is 0 Å². The molecule has 0 saturated carbocycles. The van der Waals surface area contributed by atoms with E-state index in [0.717, 1.165) is 5.69 Å². The van der Waals surface area contributed by atoms with E-state index in [1.165, 1.54) is 12.2 Å². The third-order valence-corrected chi connectivity index (χ3v) is 3.61. The van der Waals surface area contributed by atoms with Crippen LogP contribution in [-0.4, -0.2) is 30.9 Å². The van der Waals surface area contributed by atoms with Crippen LogP contribution in [0.5, 0.6) is 0 Å². The Labute approximate surface area is 150 Å². The first-order chi connectivity index (χ1) is 12.5. The van der Waals surface area contributed by atoms with Gasteiger partial charge in [-0.05, 0) is 30.3 Å². The Morgan fingerprint density at radius 2 is 1.88 bits per heavy atom. The van der Waals surface area contributed by atoms with Crippen LogP contribution in [0.4, 0.5) is 5.69 Å². The summed E-state index contributed by atoms with van der Waals surface area (Å²) in [7, 11) is 3.77. The van der Waals surface area contributed by atoms with Crippen molar-refractivity contribution in [3.05, 3.63) is 66.1 Å². The first-order valence-corrected chi connectivity index (χ1v) is 7.94. The standard InChI is InChI=1S/C19H18N4O3/c1-23(2)14-7-5-6-13(12-14)19(25)22-21-17(24)10-11-18-20-15-8-3-4-9-16(15)26-18/h3-12H,1-2H3,(H,21,24)(H,22,25)/b11-10+. The van der Waals surface area contributed by atoms with Crippen LogP contribution in [0.25, 0.3) is 17.2 Å². The summed E-state index contributed by atoms with van der Waals surface area (Å²) in [6.07, 6.45) is 2.68. The summed E-state index contributed by atoms with van der Waals surface area (Å²) in [5.41, 5.74) is 7.38. The molecular weight excluding hydrogens is 332 g/mol. The fourth-order valence-corrected chi connectivity index (χ4v) is 2.27. The van der Waals surface area contributed by atoms with Crippen molar-refractivity contribution in [1.29, 1.82) is 0 Å². The van der Waals surface area contributed by atoms with Crippen molar-refractivity contribution in [2.24, 2.45) is 0 Å². The molecule has 0 aliphatic rings. The van der Waals surface area contributed by atoms with Gasteiger partial charge in [-0.2, -0.15) is 0 Å². The van der Waals surface area contributed by atoms with Gasteiger partial charge in [0.2, 0.25) is 5.89 Å². The van der Waals surface area contributed by atoms with Gasteiger partial charge in [0.25, 0.3) is 11.8 Å². The zero-order valence-electron chi connectivity index (χ0n) is 14.4. The molecule has 0 saturated heterocycles. The molecule has 0 radical (unpaired) electrons. The predicted octanol–water partition coefficient (Wildman–Crippen LogP) is 2.37. The van der Waals surface area contributed by atoms with Gasteiger partial charge in [-0.3, -0.25) is 20.4 Å². The summed E-state index contributed by atoms with van der Waals surface area (Å²) in [6.45, 7) is 0. The van der Waals surface area contributed by atoms with E-state index in [1.54, 1.807) is 24.3 Å². The molecule has 2 N–H and O–H groups in total. The first-order valence-electron chi connectivity index (χ1n) is 7.94. The highest BCUT2D eigenvalue weighted by molar-refractivity contribution is 5.98. The second-order valence-corrected chi connectivity index (χ2v) is 5.74. The molecule has 0 unspecified atom stereocenters. The molecule has 7 nitrogen and oxygen atoms in total. The molecule has 0 aliphatic carbocycles. The van der Waals surface area contributed by atoms with Gasteiger partial charge in [0.1, 0.15) is 5.52 Å². The number of nitrogens with one attached hydrogen (secondary N) is 2. The summed E-state index contributed by atoms with van der Waals surface area (Å²) in [4.78, 5) is 30.1. The summed E-state index contributed by atoms with van der Waals surface area (Å²) >= 11 is 0. The van der Waals surface area contributed by atoms with Gasteiger partial charge in [-0.1, -0.05) is 18.2 Å². The summed E-state index contributed by atoms with van der Waals surface area (Å²) in [5.74, 6) is -0.590. The second-order valence-electron chi connectivity index (χ2n) is 5.74. The molecule has 2 aromatic carbocycles.